The van der Waals surface area contributed by atoms with Gasteiger partial charge in [0.1, 0.15) is 11.5 Å². The molecule has 150 valence electrons. The van der Waals surface area contributed by atoms with Gasteiger partial charge in [0.05, 0.1) is 24.8 Å². The number of ether oxygens (including phenoxy) is 2. The molecule has 0 bridgehead atoms. The Morgan fingerprint density at radius 1 is 1.10 bits per heavy atom. The molecule has 29 heavy (non-hydrogen) atoms. The highest BCUT2D eigenvalue weighted by Crippen LogP contribution is 2.39. The number of aromatic nitrogens is 2. The van der Waals surface area contributed by atoms with E-state index >= 15 is 0 Å². The zero-order valence-electron chi connectivity index (χ0n) is 15.6. The van der Waals surface area contributed by atoms with E-state index in [4.69, 9.17) is 9.47 Å². The third kappa shape index (κ3) is 4.79. The van der Waals surface area contributed by atoms with Crippen molar-refractivity contribution >= 4 is 34.2 Å². The first-order valence-corrected chi connectivity index (χ1v) is 9.38. The summed E-state index contributed by atoms with van der Waals surface area (Å²) in [6.45, 7) is 2.02. The molecule has 3 rings (SSSR count). The first kappa shape index (κ1) is 20.1. The smallest absolute Gasteiger partial charge is 0.338 e. The number of carbonyl (C=O) groups excluding carboxylic acids is 2. The number of amides is 2. The highest BCUT2D eigenvalue weighted by atomic mass is 32.1. The number of aromatic hydroxyl groups is 1. The van der Waals surface area contributed by atoms with E-state index in [1.807, 2.05) is 0 Å². The highest BCUT2D eigenvalue weighted by Gasteiger charge is 2.17. The quantitative estimate of drug-likeness (QED) is 0.525. The maximum absolute atomic E-state index is 12.2. The van der Waals surface area contributed by atoms with Crippen molar-refractivity contribution in [1.29, 1.82) is 0 Å². The van der Waals surface area contributed by atoms with Crippen LogP contribution < -0.4 is 15.4 Å². The van der Waals surface area contributed by atoms with Gasteiger partial charge >= 0.3 is 12.0 Å². The van der Waals surface area contributed by atoms with Crippen molar-refractivity contribution in [3.05, 3.63) is 48.0 Å². The van der Waals surface area contributed by atoms with Gasteiger partial charge in [-0.15, -0.1) is 10.2 Å². The van der Waals surface area contributed by atoms with Crippen molar-refractivity contribution in [2.75, 3.05) is 24.4 Å². The second-order valence-corrected chi connectivity index (χ2v) is 6.62. The second kappa shape index (κ2) is 9.02. The minimum atomic E-state index is -0.527. The molecule has 3 N–H and O–H groups in total. The van der Waals surface area contributed by atoms with Crippen molar-refractivity contribution in [3.63, 3.8) is 0 Å². The maximum atomic E-state index is 12.2. The molecule has 10 heteroatoms. The van der Waals surface area contributed by atoms with Crippen LogP contribution in [0.3, 0.4) is 0 Å². The minimum Gasteiger partial charge on any atom is -0.507 e. The first-order valence-electron chi connectivity index (χ1n) is 8.56. The molecule has 0 saturated heterocycles. The number of phenols is 1. The third-order valence-corrected chi connectivity index (χ3v) is 4.59. The van der Waals surface area contributed by atoms with Crippen LogP contribution in [0.1, 0.15) is 17.3 Å². The van der Waals surface area contributed by atoms with Gasteiger partial charge < -0.3 is 19.9 Å². The normalized spacial score (nSPS) is 10.3. The second-order valence-electron chi connectivity index (χ2n) is 5.64. The average molecular weight is 414 g/mol. The van der Waals surface area contributed by atoms with Gasteiger partial charge in [-0.2, -0.15) is 0 Å². The molecule has 9 nitrogen and oxygen atoms in total. The van der Waals surface area contributed by atoms with E-state index in [1.54, 1.807) is 43.3 Å². The SMILES string of the molecule is CCOC(=O)c1ccc(NC(=O)Nc2nnc(-c3c(O)cccc3OC)s2)cc1. The molecule has 0 spiro atoms. The van der Waals surface area contributed by atoms with Crippen molar-refractivity contribution in [2.24, 2.45) is 0 Å². The molecule has 1 heterocycles. The standard InChI is InChI=1S/C19H18N4O5S/c1-3-28-17(25)11-7-9-12(10-8-11)20-18(26)21-19-23-22-16(29-19)15-13(24)5-4-6-14(15)27-2/h4-10,24H,3H2,1-2H3,(H2,20,21,23,26). The predicted octanol–water partition coefficient (Wildman–Crippen LogP) is 3.74. The number of benzene rings is 2. The van der Waals surface area contributed by atoms with Crippen LogP contribution in [-0.2, 0) is 4.74 Å². The first-order chi connectivity index (χ1) is 14.0. The molecule has 2 amide bonds. The van der Waals surface area contributed by atoms with Gasteiger partial charge in [0.2, 0.25) is 5.13 Å². The highest BCUT2D eigenvalue weighted by molar-refractivity contribution is 7.18. The Bertz CT molecular complexity index is 1020. The Morgan fingerprint density at radius 2 is 1.86 bits per heavy atom. The topological polar surface area (TPSA) is 123 Å². The van der Waals surface area contributed by atoms with Gasteiger partial charge in [-0.1, -0.05) is 17.4 Å². The monoisotopic (exact) mass is 414 g/mol. The zero-order chi connectivity index (χ0) is 20.8. The largest absolute Gasteiger partial charge is 0.507 e. The Labute approximate surface area is 170 Å². The third-order valence-electron chi connectivity index (χ3n) is 3.74. The van der Waals surface area contributed by atoms with Crippen molar-refractivity contribution in [2.45, 2.75) is 6.92 Å². The molecule has 0 saturated carbocycles. The molecular weight excluding hydrogens is 396 g/mol. The lowest BCUT2D eigenvalue weighted by Crippen LogP contribution is -2.19. The Kier molecular flexibility index (Phi) is 6.25. The van der Waals surface area contributed by atoms with Gasteiger partial charge in [0.25, 0.3) is 0 Å². The number of anilines is 2. The number of hydrogen-bond donors (Lipinski definition) is 3. The molecule has 3 aromatic rings. The minimum absolute atomic E-state index is 0.00167. The number of rotatable bonds is 6. The van der Waals surface area contributed by atoms with Crippen LogP contribution >= 0.6 is 11.3 Å². The van der Waals surface area contributed by atoms with E-state index in [0.29, 0.717) is 27.6 Å². The number of hydrogen-bond acceptors (Lipinski definition) is 8. The molecule has 0 atom stereocenters. The summed E-state index contributed by atoms with van der Waals surface area (Å²) >= 11 is 1.09. The Morgan fingerprint density at radius 3 is 2.55 bits per heavy atom. The van der Waals surface area contributed by atoms with E-state index in [1.165, 1.54) is 13.2 Å². The number of phenolic OH excluding ortho intramolecular Hbond substituents is 1. The van der Waals surface area contributed by atoms with Crippen LogP contribution in [0.25, 0.3) is 10.6 Å². The zero-order valence-corrected chi connectivity index (χ0v) is 16.4. The van der Waals surface area contributed by atoms with Crippen molar-refractivity contribution < 1.29 is 24.2 Å². The molecule has 0 aliphatic rings. The fourth-order valence-electron chi connectivity index (χ4n) is 2.44. The fourth-order valence-corrected chi connectivity index (χ4v) is 3.24. The molecule has 0 fully saturated rings. The predicted molar refractivity (Wildman–Crippen MR) is 109 cm³/mol. The van der Waals surface area contributed by atoms with Crippen molar-refractivity contribution in [1.82, 2.24) is 10.2 Å². The summed E-state index contributed by atoms with van der Waals surface area (Å²) < 4.78 is 10.2. The maximum Gasteiger partial charge on any atom is 0.338 e. The average Bonchev–Trinajstić information content (AvgIpc) is 3.16. The van der Waals surface area contributed by atoms with E-state index in [2.05, 4.69) is 20.8 Å². The summed E-state index contributed by atoms with van der Waals surface area (Å²) in [6.07, 6.45) is 0. The van der Waals surface area contributed by atoms with Gasteiger partial charge in [0.15, 0.2) is 5.01 Å². The van der Waals surface area contributed by atoms with Crippen LogP contribution in [-0.4, -0.2) is 41.0 Å². The van der Waals surface area contributed by atoms with Crippen LogP contribution in [0.5, 0.6) is 11.5 Å². The summed E-state index contributed by atoms with van der Waals surface area (Å²) in [5.74, 6) is 0.0153. The number of nitrogens with one attached hydrogen (secondary N) is 2. The number of methoxy groups -OCH3 is 1. The lowest BCUT2D eigenvalue weighted by molar-refractivity contribution is 0.0526. The summed E-state index contributed by atoms with van der Waals surface area (Å²) in [4.78, 5) is 23.8. The fraction of sp³-hybridized carbons (Fsp3) is 0.158. The summed E-state index contributed by atoms with van der Waals surface area (Å²) in [7, 11) is 1.49. The van der Waals surface area contributed by atoms with Crippen LogP contribution in [0.4, 0.5) is 15.6 Å². The van der Waals surface area contributed by atoms with Crippen molar-refractivity contribution in [3.8, 4) is 22.1 Å². The van der Waals surface area contributed by atoms with Crippen LogP contribution in [0.2, 0.25) is 0 Å². The van der Waals surface area contributed by atoms with Crippen LogP contribution in [0, 0.1) is 0 Å². The number of carbonyl (C=O) groups is 2. The molecule has 1 aromatic heterocycles. The Balaban J connectivity index is 1.66. The molecule has 2 aromatic carbocycles. The van der Waals surface area contributed by atoms with Crippen LogP contribution in [0.15, 0.2) is 42.5 Å². The van der Waals surface area contributed by atoms with Gasteiger partial charge in [-0.3, -0.25) is 5.32 Å². The molecule has 0 aliphatic heterocycles. The molecule has 0 aliphatic carbocycles. The van der Waals surface area contributed by atoms with E-state index in [9.17, 15) is 14.7 Å². The number of urea groups is 1. The van der Waals surface area contributed by atoms with Gasteiger partial charge in [-0.05, 0) is 43.3 Å². The van der Waals surface area contributed by atoms with Gasteiger partial charge in [0, 0.05) is 5.69 Å². The molecular formula is C19H18N4O5S. The van der Waals surface area contributed by atoms with E-state index < -0.39 is 12.0 Å². The number of nitrogens with zero attached hydrogens (tertiary/aromatic N) is 2. The summed E-state index contributed by atoms with van der Waals surface area (Å²) in [5.41, 5.74) is 1.28. The van der Waals surface area contributed by atoms with Gasteiger partial charge in [-0.25, -0.2) is 9.59 Å². The van der Waals surface area contributed by atoms with E-state index in [-0.39, 0.29) is 17.5 Å². The lowest BCUT2D eigenvalue weighted by Gasteiger charge is -2.07. The summed E-state index contributed by atoms with van der Waals surface area (Å²) in [6, 6.07) is 10.6. The number of esters is 1. The van der Waals surface area contributed by atoms with E-state index in [0.717, 1.165) is 11.3 Å². The Hall–Kier alpha value is -3.66. The molecule has 0 radical (unpaired) electrons. The summed E-state index contributed by atoms with van der Waals surface area (Å²) in [5, 5.41) is 23.8. The lowest BCUT2D eigenvalue weighted by atomic mass is 10.2. The molecule has 0 unspecified atom stereocenters.